The molecule has 3 N–H and O–H groups in total. The molecule has 0 bridgehead atoms. The molecule has 138 valence electrons. The van der Waals surface area contributed by atoms with E-state index in [0.29, 0.717) is 12.1 Å². The molecule has 1 heterocycles. The van der Waals surface area contributed by atoms with E-state index < -0.39 is 5.91 Å². The Morgan fingerprint density at radius 1 is 1.20 bits per heavy atom. The van der Waals surface area contributed by atoms with Crippen molar-refractivity contribution in [2.24, 2.45) is 22.6 Å². The Balaban J connectivity index is 0.00000225. The van der Waals surface area contributed by atoms with Crippen LogP contribution >= 0.6 is 24.0 Å². The number of primary amides is 1. The van der Waals surface area contributed by atoms with E-state index in [1.807, 2.05) is 12.1 Å². The minimum Gasteiger partial charge on any atom is -0.366 e. The summed E-state index contributed by atoms with van der Waals surface area (Å²) in [4.78, 5) is 18.4. The first-order chi connectivity index (χ1) is 11.7. The Morgan fingerprint density at radius 3 is 2.32 bits per heavy atom. The van der Waals surface area contributed by atoms with Crippen molar-refractivity contribution in [2.45, 2.75) is 39.2 Å². The molecule has 0 aromatic heterocycles. The molecule has 2 aliphatic rings. The smallest absolute Gasteiger partial charge is 0.248 e. The van der Waals surface area contributed by atoms with Crippen molar-refractivity contribution in [2.75, 3.05) is 19.6 Å². The predicted octanol–water partition coefficient (Wildman–Crippen LogP) is 2.99. The van der Waals surface area contributed by atoms with Crippen LogP contribution in [0.5, 0.6) is 0 Å². The van der Waals surface area contributed by atoms with Gasteiger partial charge in [-0.25, -0.2) is 4.99 Å². The fraction of sp³-hybridized carbons (Fsp3) is 0.579. The second-order valence-electron chi connectivity index (χ2n) is 6.94. The third kappa shape index (κ3) is 5.09. The molecule has 1 amide bonds. The highest BCUT2D eigenvalue weighted by atomic mass is 127. The summed E-state index contributed by atoms with van der Waals surface area (Å²) in [6.45, 7) is 5.88. The van der Waals surface area contributed by atoms with E-state index >= 15 is 0 Å². The third-order valence-corrected chi connectivity index (χ3v) is 5.26. The standard InChI is InChI=1S/C19H28N4O.HI/c1-2-21-19(23-12-16-5-3-4-6-17(16)13-23)22-11-14-7-9-15(10-8-14)18(20)24;/h7-10,16-17H,2-6,11-13H2,1H3,(H2,20,24)(H,21,22);1H. The molecule has 1 aromatic carbocycles. The summed E-state index contributed by atoms with van der Waals surface area (Å²) in [7, 11) is 0. The van der Waals surface area contributed by atoms with Crippen molar-refractivity contribution in [3.8, 4) is 0 Å². The van der Waals surface area contributed by atoms with Crippen molar-refractivity contribution in [1.82, 2.24) is 10.2 Å². The van der Waals surface area contributed by atoms with Gasteiger partial charge >= 0.3 is 0 Å². The number of aliphatic imine (C=N–C) groups is 1. The summed E-state index contributed by atoms with van der Waals surface area (Å²) < 4.78 is 0. The number of carbonyl (C=O) groups is 1. The number of halogens is 1. The maximum atomic E-state index is 11.1. The lowest BCUT2D eigenvalue weighted by molar-refractivity contribution is 0.100. The summed E-state index contributed by atoms with van der Waals surface area (Å²) in [5, 5.41) is 3.44. The van der Waals surface area contributed by atoms with Gasteiger partial charge in [0.15, 0.2) is 5.96 Å². The third-order valence-electron chi connectivity index (χ3n) is 5.26. The lowest BCUT2D eigenvalue weighted by atomic mass is 9.82. The number of rotatable bonds is 4. The molecule has 25 heavy (non-hydrogen) atoms. The molecule has 0 radical (unpaired) electrons. The molecule has 0 spiro atoms. The number of carbonyl (C=O) groups excluding carboxylic acids is 1. The number of likely N-dealkylation sites (tertiary alicyclic amines) is 1. The van der Waals surface area contributed by atoms with Gasteiger partial charge in [-0.05, 0) is 49.3 Å². The Morgan fingerprint density at radius 2 is 1.80 bits per heavy atom. The topological polar surface area (TPSA) is 70.7 Å². The van der Waals surface area contributed by atoms with Gasteiger partial charge in [-0.3, -0.25) is 4.79 Å². The van der Waals surface area contributed by atoms with Crippen molar-refractivity contribution >= 4 is 35.8 Å². The van der Waals surface area contributed by atoms with Crippen LogP contribution in [0, 0.1) is 11.8 Å². The van der Waals surface area contributed by atoms with Crippen LogP contribution < -0.4 is 11.1 Å². The zero-order chi connectivity index (χ0) is 16.9. The molecule has 2 atom stereocenters. The molecule has 3 rings (SSSR count). The van der Waals surface area contributed by atoms with Crippen LogP contribution in [0.4, 0.5) is 0 Å². The molecule has 1 aromatic rings. The van der Waals surface area contributed by atoms with Crippen LogP contribution in [0.2, 0.25) is 0 Å². The Bertz CT molecular complexity index is 588. The second-order valence-corrected chi connectivity index (χ2v) is 6.94. The molecule has 6 heteroatoms. The monoisotopic (exact) mass is 456 g/mol. The first-order valence-corrected chi connectivity index (χ1v) is 9.09. The van der Waals surface area contributed by atoms with Gasteiger partial charge in [0.2, 0.25) is 5.91 Å². The number of guanidine groups is 1. The van der Waals surface area contributed by atoms with Crippen LogP contribution in [0.1, 0.15) is 48.5 Å². The predicted molar refractivity (Wildman–Crippen MR) is 112 cm³/mol. The molecule has 2 fully saturated rings. The molecular weight excluding hydrogens is 427 g/mol. The van der Waals surface area contributed by atoms with Crippen molar-refractivity contribution < 1.29 is 4.79 Å². The Kier molecular flexibility index (Phi) is 7.53. The zero-order valence-corrected chi connectivity index (χ0v) is 17.2. The number of amides is 1. The highest BCUT2D eigenvalue weighted by molar-refractivity contribution is 14.0. The lowest BCUT2D eigenvalue weighted by Gasteiger charge is -2.22. The number of benzene rings is 1. The van der Waals surface area contributed by atoms with Gasteiger partial charge in [0.25, 0.3) is 0 Å². The maximum Gasteiger partial charge on any atom is 0.248 e. The molecular formula is C19H29IN4O. The minimum absolute atomic E-state index is 0. The van der Waals surface area contributed by atoms with Gasteiger partial charge in [-0.15, -0.1) is 24.0 Å². The maximum absolute atomic E-state index is 11.1. The van der Waals surface area contributed by atoms with Crippen LogP contribution in [0.25, 0.3) is 0 Å². The average molecular weight is 456 g/mol. The van der Waals surface area contributed by atoms with Gasteiger partial charge < -0.3 is 16.0 Å². The van der Waals surface area contributed by atoms with Crippen LogP contribution in [-0.2, 0) is 6.54 Å². The minimum atomic E-state index is -0.391. The van der Waals surface area contributed by atoms with Gasteiger partial charge in [-0.2, -0.15) is 0 Å². The van der Waals surface area contributed by atoms with Crippen LogP contribution in [0.15, 0.2) is 29.3 Å². The zero-order valence-electron chi connectivity index (χ0n) is 14.9. The molecule has 1 saturated carbocycles. The molecule has 2 unspecified atom stereocenters. The summed E-state index contributed by atoms with van der Waals surface area (Å²) in [6.07, 6.45) is 5.51. The summed E-state index contributed by atoms with van der Waals surface area (Å²) in [6, 6.07) is 7.39. The summed E-state index contributed by atoms with van der Waals surface area (Å²) >= 11 is 0. The number of nitrogens with two attached hydrogens (primary N) is 1. The number of nitrogens with zero attached hydrogens (tertiary/aromatic N) is 2. The Labute approximate surface area is 167 Å². The molecule has 1 saturated heterocycles. The van der Waals surface area contributed by atoms with Crippen LogP contribution in [-0.4, -0.2) is 36.4 Å². The highest BCUT2D eigenvalue weighted by Crippen LogP contribution is 2.35. The fourth-order valence-corrected chi connectivity index (χ4v) is 3.95. The fourth-order valence-electron chi connectivity index (χ4n) is 3.95. The summed E-state index contributed by atoms with van der Waals surface area (Å²) in [5.41, 5.74) is 6.91. The van der Waals surface area contributed by atoms with E-state index in [2.05, 4.69) is 17.1 Å². The van der Waals surface area contributed by atoms with E-state index in [9.17, 15) is 4.79 Å². The van der Waals surface area contributed by atoms with Crippen molar-refractivity contribution in [3.63, 3.8) is 0 Å². The van der Waals surface area contributed by atoms with Gasteiger partial charge in [-0.1, -0.05) is 25.0 Å². The first-order valence-electron chi connectivity index (χ1n) is 9.09. The second kappa shape index (κ2) is 9.40. The van der Waals surface area contributed by atoms with Gasteiger partial charge in [0.05, 0.1) is 6.54 Å². The number of hydrogen-bond donors (Lipinski definition) is 2. The summed E-state index contributed by atoms with van der Waals surface area (Å²) in [5.74, 6) is 2.32. The van der Waals surface area contributed by atoms with E-state index in [-0.39, 0.29) is 24.0 Å². The average Bonchev–Trinajstić information content (AvgIpc) is 3.03. The molecule has 5 nitrogen and oxygen atoms in total. The molecule has 1 aliphatic carbocycles. The highest BCUT2D eigenvalue weighted by Gasteiger charge is 2.35. The van der Waals surface area contributed by atoms with Gasteiger partial charge in [0, 0.05) is 25.2 Å². The number of hydrogen-bond acceptors (Lipinski definition) is 2. The van der Waals surface area contributed by atoms with E-state index in [1.54, 1.807) is 12.1 Å². The quantitative estimate of drug-likeness (QED) is 0.416. The van der Waals surface area contributed by atoms with Gasteiger partial charge in [0.1, 0.15) is 0 Å². The lowest BCUT2D eigenvalue weighted by Crippen LogP contribution is -2.40. The Hall–Kier alpha value is -1.31. The molecule has 1 aliphatic heterocycles. The largest absolute Gasteiger partial charge is 0.366 e. The first kappa shape index (κ1) is 20.0. The number of nitrogens with one attached hydrogen (secondary N) is 1. The number of fused-ring (bicyclic) bond motifs is 1. The van der Waals surface area contributed by atoms with E-state index in [4.69, 9.17) is 10.7 Å². The SMILES string of the molecule is CCNC(=NCc1ccc(C(N)=O)cc1)N1CC2CCCCC2C1.I. The normalized spacial score (nSPS) is 22.9. The van der Waals surface area contributed by atoms with E-state index in [0.717, 1.165) is 43.0 Å². The van der Waals surface area contributed by atoms with E-state index in [1.165, 1.54) is 25.7 Å². The van der Waals surface area contributed by atoms with Crippen molar-refractivity contribution in [1.29, 1.82) is 0 Å². The van der Waals surface area contributed by atoms with Crippen LogP contribution in [0.3, 0.4) is 0 Å². The van der Waals surface area contributed by atoms with Crippen molar-refractivity contribution in [3.05, 3.63) is 35.4 Å².